The van der Waals surface area contributed by atoms with E-state index in [4.69, 9.17) is 0 Å². The van der Waals surface area contributed by atoms with E-state index in [0.717, 1.165) is 0 Å². The number of hydrogen-bond donors (Lipinski definition) is 0. The molecule has 4 heteroatoms. The van der Waals surface area contributed by atoms with Gasteiger partial charge in [-0.1, -0.05) is 182 Å². The second-order valence-electron chi connectivity index (χ2n) is 12.5. The Bertz CT molecular complexity index is 1610. The van der Waals surface area contributed by atoms with Gasteiger partial charge in [0.1, 0.15) is 0 Å². The molecule has 0 amide bonds. The van der Waals surface area contributed by atoms with Crippen LogP contribution < -0.4 is 44.2 Å². The van der Waals surface area contributed by atoms with Gasteiger partial charge in [0.05, 0.1) is 0 Å². The van der Waals surface area contributed by atoms with Crippen molar-refractivity contribution in [2.45, 2.75) is 34.6 Å². The third kappa shape index (κ3) is 9.88. The molecule has 0 atom stereocenters. The molecule has 0 saturated heterocycles. The zero-order valence-electron chi connectivity index (χ0n) is 29.4. The normalized spacial score (nSPS) is 13.2. The third-order valence-electron chi connectivity index (χ3n) is 9.00. The van der Waals surface area contributed by atoms with Crippen molar-refractivity contribution in [3.8, 4) is 0 Å². The van der Waals surface area contributed by atoms with E-state index in [1.54, 1.807) is 0 Å². The van der Waals surface area contributed by atoms with Gasteiger partial charge in [-0.15, -0.1) is 0 Å². The Labute approximate surface area is 319 Å². The van der Waals surface area contributed by atoms with Crippen molar-refractivity contribution in [2.75, 3.05) is 0 Å². The number of benzene rings is 6. The minimum atomic E-state index is -0.446. The van der Waals surface area contributed by atoms with Gasteiger partial charge in [-0.3, -0.25) is 0 Å². The average Bonchev–Trinajstić information content (AvgIpc) is 3.29. The molecular formula is C46H45ClP2Ru. The summed E-state index contributed by atoms with van der Waals surface area (Å²) in [6.07, 6.45) is 0. The number of allylic oxidation sites excluding steroid dienone is 4. The van der Waals surface area contributed by atoms with Gasteiger partial charge in [0.25, 0.3) is 0 Å². The van der Waals surface area contributed by atoms with Crippen LogP contribution in [0.25, 0.3) is 0 Å². The Kier molecular flexibility index (Phi) is 15.2. The maximum Gasteiger partial charge on any atom is -0.0134 e. The second-order valence-corrected chi connectivity index (χ2v) is 17.8. The molecule has 0 unspecified atom stereocenters. The molecule has 0 nitrogen and oxygen atoms in total. The van der Waals surface area contributed by atoms with E-state index in [1.165, 1.54) is 52.7 Å². The van der Waals surface area contributed by atoms with Gasteiger partial charge in [0.2, 0.25) is 0 Å². The Morgan fingerprint density at radius 3 is 0.680 bits per heavy atom. The van der Waals surface area contributed by atoms with E-state index >= 15 is 0 Å². The third-order valence-corrected chi connectivity index (χ3v) is 15.6. The number of rotatable bonds is 6. The first kappa shape index (κ1) is 39.4. The van der Waals surface area contributed by atoms with Crippen LogP contribution in [0.5, 0.6) is 0 Å². The van der Waals surface area contributed by atoms with E-state index in [-0.39, 0.29) is 17.8 Å². The Morgan fingerprint density at radius 2 is 0.560 bits per heavy atom. The van der Waals surface area contributed by atoms with Crippen LogP contribution in [-0.2, 0) is 18.3 Å². The van der Waals surface area contributed by atoms with E-state index in [0.29, 0.717) is 0 Å². The van der Waals surface area contributed by atoms with E-state index < -0.39 is 15.8 Å². The van der Waals surface area contributed by atoms with Crippen LogP contribution >= 0.6 is 15.8 Å². The van der Waals surface area contributed by atoms with Crippen LogP contribution in [-0.4, -0.2) is 0 Å². The van der Waals surface area contributed by atoms with Gasteiger partial charge in [0.15, 0.2) is 0 Å². The largest absolute Gasteiger partial charge is 1.00 e. The summed E-state index contributed by atoms with van der Waals surface area (Å²) in [6.45, 7) is 11.2. The first-order valence-electron chi connectivity index (χ1n) is 16.7. The summed E-state index contributed by atoms with van der Waals surface area (Å²) in [5.74, 6) is 0. The van der Waals surface area contributed by atoms with Crippen LogP contribution in [0.2, 0.25) is 0 Å². The topological polar surface area (TPSA) is 0 Å². The predicted molar refractivity (Wildman–Crippen MR) is 215 cm³/mol. The Balaban J connectivity index is 0.000000174. The standard InChI is InChI=1S/2C18H15P.C10H15.ClH.Ru/c2*1-4-10-16(11-5-1)19(17-12-6-2-7-13-17)18-14-8-3-9-15-18;1-7-6-10(4,5)9(3)8(7)2;;/h2*1-15H;1-5H3;1H;/q;;;;+1/p-1. The van der Waals surface area contributed by atoms with Gasteiger partial charge in [-0.05, 0) is 47.7 Å². The summed E-state index contributed by atoms with van der Waals surface area (Å²) in [7, 11) is -0.892. The molecule has 0 radical (unpaired) electrons. The quantitative estimate of drug-likeness (QED) is 0.125. The van der Waals surface area contributed by atoms with Crippen molar-refractivity contribution in [1.82, 2.24) is 0 Å². The minimum Gasteiger partial charge on any atom is -1.00 e. The zero-order chi connectivity index (χ0) is 34.6. The summed E-state index contributed by atoms with van der Waals surface area (Å²) in [5.41, 5.74) is 4.74. The molecule has 0 heterocycles. The molecule has 0 N–H and O–H groups in total. The Hall–Kier alpha value is -3.43. The first-order valence-corrected chi connectivity index (χ1v) is 20.3. The molecule has 0 spiro atoms. The van der Waals surface area contributed by atoms with Crippen LogP contribution in [0.1, 0.15) is 34.6 Å². The fourth-order valence-electron chi connectivity index (χ4n) is 5.90. The average molecular weight is 796 g/mol. The molecule has 6 aromatic rings. The summed E-state index contributed by atoms with van der Waals surface area (Å²) in [4.78, 5) is 0. The van der Waals surface area contributed by atoms with Crippen molar-refractivity contribution in [1.29, 1.82) is 0 Å². The predicted octanol–water partition coefficient (Wildman–Crippen LogP) is 7.08. The van der Waals surface area contributed by atoms with Gasteiger partial charge in [-0.2, -0.15) is 0 Å². The van der Waals surface area contributed by atoms with Crippen molar-refractivity contribution < 1.29 is 30.7 Å². The van der Waals surface area contributed by atoms with Crippen molar-refractivity contribution >= 4 is 47.7 Å². The smallest absolute Gasteiger partial charge is 0.0134 e. The maximum atomic E-state index is 2.77. The maximum absolute atomic E-state index is 2.77. The van der Waals surface area contributed by atoms with Gasteiger partial charge in [0, 0.05) is 0 Å². The van der Waals surface area contributed by atoms with Crippen molar-refractivity contribution in [3.63, 3.8) is 0 Å². The minimum absolute atomic E-state index is 0. The van der Waals surface area contributed by atoms with E-state index in [2.05, 4.69) is 235 Å². The molecule has 1 aliphatic carbocycles. The van der Waals surface area contributed by atoms with Crippen molar-refractivity contribution in [3.05, 3.63) is 203 Å². The van der Waals surface area contributed by atoms with Crippen LogP contribution in [0, 0.1) is 5.41 Å². The number of hydrogen-bond acceptors (Lipinski definition) is 0. The van der Waals surface area contributed by atoms with Crippen LogP contribution in [0.3, 0.4) is 0 Å². The summed E-state index contributed by atoms with van der Waals surface area (Å²) in [6, 6.07) is 64.7. The van der Waals surface area contributed by atoms with Crippen LogP contribution in [0.15, 0.2) is 203 Å². The molecule has 0 saturated carbocycles. The second kappa shape index (κ2) is 19.3. The SMILES string of the molecule is CC1=C(C)C(C)(C)[C]([Ru+])=C1C.[Cl-].c1ccc(P(c2ccccc2)c2ccccc2)cc1.c1ccc(P(c2ccccc2)c2ccccc2)cc1. The fraction of sp³-hybridized carbons (Fsp3) is 0.130. The molecule has 0 aromatic heterocycles. The monoisotopic (exact) mass is 796 g/mol. The van der Waals surface area contributed by atoms with Crippen molar-refractivity contribution in [2.24, 2.45) is 5.41 Å². The molecule has 0 fully saturated rings. The van der Waals surface area contributed by atoms with Crippen LogP contribution in [0.4, 0.5) is 0 Å². The van der Waals surface area contributed by atoms with E-state index in [1.807, 2.05) is 0 Å². The summed E-state index contributed by atoms with van der Waals surface area (Å²) >= 11 is 2.77. The fourth-order valence-corrected chi connectivity index (χ4v) is 11.2. The molecule has 7 rings (SSSR count). The van der Waals surface area contributed by atoms with Gasteiger partial charge < -0.3 is 12.4 Å². The number of halogens is 1. The Morgan fingerprint density at radius 1 is 0.360 bits per heavy atom. The molecule has 0 bridgehead atoms. The summed E-state index contributed by atoms with van der Waals surface area (Å²) in [5, 5.41) is 8.39. The molecule has 0 aliphatic heterocycles. The molecular weight excluding hydrogens is 751 g/mol. The first-order chi connectivity index (χ1) is 23.8. The molecule has 1 aliphatic rings. The van der Waals surface area contributed by atoms with Gasteiger partial charge >= 0.3 is 79.2 Å². The summed E-state index contributed by atoms with van der Waals surface area (Å²) < 4.78 is 1.46. The molecule has 50 heavy (non-hydrogen) atoms. The van der Waals surface area contributed by atoms with Gasteiger partial charge in [-0.25, -0.2) is 0 Å². The van der Waals surface area contributed by atoms with E-state index in [9.17, 15) is 0 Å². The molecule has 6 aromatic carbocycles. The molecule has 254 valence electrons. The zero-order valence-corrected chi connectivity index (χ0v) is 33.7.